The lowest BCUT2D eigenvalue weighted by Gasteiger charge is -2.45. The van der Waals surface area contributed by atoms with Gasteiger partial charge >= 0.3 is 5.97 Å². The van der Waals surface area contributed by atoms with E-state index in [1.54, 1.807) is 0 Å². The Labute approximate surface area is 121 Å². The average Bonchev–Trinajstić information content (AvgIpc) is 2.43. The van der Waals surface area contributed by atoms with E-state index in [9.17, 15) is 9.59 Å². The number of Topliss-reactive ketones (excluding diaryl/α,β-unsaturated/α-hetero) is 1. The van der Waals surface area contributed by atoms with Crippen LogP contribution in [0.4, 0.5) is 0 Å². The molecule has 1 N–H and O–H groups in total. The smallest absolute Gasteiger partial charge is 0.310 e. The second-order valence-electron chi connectivity index (χ2n) is 6.43. The maximum absolute atomic E-state index is 12.2. The summed E-state index contributed by atoms with van der Waals surface area (Å²) in [5.74, 6) is 0.167. The Morgan fingerprint density at radius 2 is 2.25 bits per heavy atom. The molecule has 20 heavy (non-hydrogen) atoms. The van der Waals surface area contributed by atoms with Crippen LogP contribution < -0.4 is 5.32 Å². The fraction of sp³-hybridized carbons (Fsp3) is 0.875. The highest BCUT2D eigenvalue weighted by molar-refractivity contribution is 5.84. The third kappa shape index (κ3) is 3.60. The maximum Gasteiger partial charge on any atom is 0.310 e. The lowest BCUT2D eigenvalue weighted by molar-refractivity contribution is -0.181. The average molecular weight is 281 g/mol. The molecule has 0 aromatic rings. The maximum atomic E-state index is 12.2. The van der Waals surface area contributed by atoms with Gasteiger partial charge in [-0.3, -0.25) is 14.9 Å². The number of rotatable bonds is 7. The van der Waals surface area contributed by atoms with Crippen molar-refractivity contribution in [3.8, 4) is 0 Å². The number of ether oxygens (including phenoxy) is 1. The number of hydrogen-bond donors (Lipinski definition) is 1. The molecule has 2 bridgehead atoms. The van der Waals surface area contributed by atoms with Crippen molar-refractivity contribution in [3.63, 3.8) is 0 Å². The highest BCUT2D eigenvalue weighted by Gasteiger charge is 2.48. The third-order valence-corrected chi connectivity index (χ3v) is 4.67. The van der Waals surface area contributed by atoms with Crippen LogP contribution in [-0.2, 0) is 14.3 Å². The van der Waals surface area contributed by atoms with E-state index in [0.29, 0.717) is 13.0 Å². The Kier molecular flexibility index (Phi) is 5.19. The first-order valence-corrected chi connectivity index (χ1v) is 8.07. The summed E-state index contributed by atoms with van der Waals surface area (Å²) in [5, 5.41) is 3.26. The molecule has 0 amide bonds. The van der Waals surface area contributed by atoms with Gasteiger partial charge in [0.15, 0.2) is 5.72 Å². The van der Waals surface area contributed by atoms with Crippen molar-refractivity contribution in [1.29, 1.82) is 0 Å². The normalized spacial score (nSPS) is 30.3. The van der Waals surface area contributed by atoms with Crippen LogP contribution in [0.3, 0.4) is 0 Å². The van der Waals surface area contributed by atoms with Gasteiger partial charge in [0.05, 0.1) is 12.3 Å². The fourth-order valence-corrected chi connectivity index (χ4v) is 3.17. The highest BCUT2D eigenvalue weighted by Crippen LogP contribution is 2.36. The number of carbonyl (C=O) groups excluding carboxylic acids is 2. The Morgan fingerprint density at radius 1 is 1.45 bits per heavy atom. The second kappa shape index (κ2) is 6.70. The minimum absolute atomic E-state index is 0.0715. The van der Waals surface area contributed by atoms with Crippen molar-refractivity contribution in [2.45, 2.75) is 70.9 Å². The highest BCUT2D eigenvalue weighted by atomic mass is 16.6. The first-order valence-electron chi connectivity index (χ1n) is 8.07. The Balaban J connectivity index is 1.79. The summed E-state index contributed by atoms with van der Waals surface area (Å²) in [6.45, 7) is 4.77. The molecule has 4 heteroatoms. The zero-order valence-electron chi connectivity index (χ0n) is 12.7. The summed E-state index contributed by atoms with van der Waals surface area (Å²) in [6.07, 6.45) is 7.54. The molecule has 2 heterocycles. The zero-order valence-corrected chi connectivity index (χ0v) is 12.7. The van der Waals surface area contributed by atoms with Crippen molar-refractivity contribution in [3.05, 3.63) is 0 Å². The molecular formula is C16H27NO3. The molecule has 0 spiro atoms. The van der Waals surface area contributed by atoms with Gasteiger partial charge in [0, 0.05) is 18.9 Å². The molecule has 0 aromatic heterocycles. The van der Waals surface area contributed by atoms with E-state index in [1.807, 2.05) is 6.92 Å². The Morgan fingerprint density at radius 3 is 2.85 bits per heavy atom. The largest absolute Gasteiger partial charge is 0.443 e. The molecule has 0 radical (unpaired) electrons. The number of carbonyl (C=O) groups is 2. The van der Waals surface area contributed by atoms with Crippen molar-refractivity contribution < 1.29 is 14.3 Å². The fourth-order valence-electron chi connectivity index (χ4n) is 3.17. The lowest BCUT2D eigenvalue weighted by atomic mass is 9.78. The van der Waals surface area contributed by atoms with Crippen molar-refractivity contribution in [2.75, 3.05) is 6.54 Å². The SMILES string of the molecule is CCCCCCC(C)C(=O)OC12CCC(CN1)C(=O)C2. The van der Waals surface area contributed by atoms with Gasteiger partial charge in [-0.05, 0) is 12.8 Å². The van der Waals surface area contributed by atoms with Gasteiger partial charge in [0.2, 0.25) is 0 Å². The Hall–Kier alpha value is -0.900. The second-order valence-corrected chi connectivity index (χ2v) is 6.43. The van der Waals surface area contributed by atoms with Crippen LogP contribution in [0.2, 0.25) is 0 Å². The number of piperidine rings is 2. The van der Waals surface area contributed by atoms with E-state index in [1.165, 1.54) is 19.3 Å². The predicted octanol–water partition coefficient (Wildman–Crippen LogP) is 2.80. The number of hydrogen-bond acceptors (Lipinski definition) is 4. The van der Waals surface area contributed by atoms with Gasteiger partial charge in [-0.25, -0.2) is 0 Å². The first kappa shape index (κ1) is 15.5. The van der Waals surface area contributed by atoms with E-state index < -0.39 is 5.72 Å². The molecule has 3 rings (SSSR count). The molecular weight excluding hydrogens is 254 g/mol. The van der Waals surface area contributed by atoms with Crippen LogP contribution in [0, 0.1) is 11.8 Å². The summed E-state index contributed by atoms with van der Waals surface area (Å²) in [6, 6.07) is 0. The monoisotopic (exact) mass is 281 g/mol. The lowest BCUT2D eigenvalue weighted by Crippen LogP contribution is -2.61. The van der Waals surface area contributed by atoms with E-state index in [-0.39, 0.29) is 23.6 Å². The van der Waals surface area contributed by atoms with Crippen LogP contribution in [0.25, 0.3) is 0 Å². The van der Waals surface area contributed by atoms with Crippen molar-refractivity contribution in [2.24, 2.45) is 11.8 Å². The van der Waals surface area contributed by atoms with Crippen LogP contribution in [-0.4, -0.2) is 24.0 Å². The molecule has 1 saturated carbocycles. The predicted molar refractivity (Wildman–Crippen MR) is 77.1 cm³/mol. The van der Waals surface area contributed by atoms with Crippen LogP contribution in [0.15, 0.2) is 0 Å². The van der Waals surface area contributed by atoms with Gasteiger partial charge in [0.25, 0.3) is 0 Å². The standard InChI is InChI=1S/C16H27NO3/c1-3-4-5-6-7-12(2)15(19)20-16-9-8-13(11-17-16)14(18)10-16/h12-13,17H,3-11H2,1-2H3. The number of esters is 1. The quantitative estimate of drug-likeness (QED) is 0.576. The van der Waals surface area contributed by atoms with Gasteiger partial charge in [-0.15, -0.1) is 0 Å². The van der Waals surface area contributed by atoms with E-state index >= 15 is 0 Å². The first-order chi connectivity index (χ1) is 9.56. The number of unbranched alkanes of at least 4 members (excludes halogenated alkanes) is 3. The minimum Gasteiger partial charge on any atom is -0.443 e. The van der Waals surface area contributed by atoms with Crippen LogP contribution >= 0.6 is 0 Å². The van der Waals surface area contributed by atoms with E-state index in [2.05, 4.69) is 12.2 Å². The number of ketones is 1. The Bertz CT molecular complexity index is 359. The van der Waals surface area contributed by atoms with Gasteiger partial charge in [-0.2, -0.15) is 0 Å². The zero-order chi connectivity index (χ0) is 14.6. The molecule has 2 saturated heterocycles. The summed E-state index contributed by atoms with van der Waals surface area (Å²) >= 11 is 0. The van der Waals surface area contributed by atoms with Crippen LogP contribution in [0.1, 0.15) is 65.2 Å². The summed E-state index contributed by atoms with van der Waals surface area (Å²) in [5.41, 5.74) is -0.694. The summed E-state index contributed by atoms with van der Waals surface area (Å²) in [4.78, 5) is 24.0. The van der Waals surface area contributed by atoms with Gasteiger partial charge in [-0.1, -0.05) is 39.5 Å². The van der Waals surface area contributed by atoms with Gasteiger partial charge in [0.1, 0.15) is 5.78 Å². The minimum atomic E-state index is -0.694. The van der Waals surface area contributed by atoms with Crippen LogP contribution in [0.5, 0.6) is 0 Å². The number of fused-ring (bicyclic) bond motifs is 3. The third-order valence-electron chi connectivity index (χ3n) is 4.67. The molecule has 1 aliphatic carbocycles. The van der Waals surface area contributed by atoms with Crippen molar-refractivity contribution in [1.82, 2.24) is 5.32 Å². The number of nitrogens with one attached hydrogen (secondary N) is 1. The molecule has 2 aliphatic heterocycles. The summed E-state index contributed by atoms with van der Waals surface area (Å²) < 4.78 is 5.68. The molecule has 3 fully saturated rings. The van der Waals surface area contributed by atoms with Gasteiger partial charge < -0.3 is 4.74 Å². The molecule has 3 aliphatic rings. The molecule has 4 nitrogen and oxygen atoms in total. The van der Waals surface area contributed by atoms with E-state index in [0.717, 1.165) is 25.7 Å². The molecule has 3 atom stereocenters. The molecule has 114 valence electrons. The summed E-state index contributed by atoms with van der Waals surface area (Å²) in [7, 11) is 0. The van der Waals surface area contributed by atoms with E-state index in [4.69, 9.17) is 4.74 Å². The molecule has 0 aromatic carbocycles. The van der Waals surface area contributed by atoms with Crippen molar-refractivity contribution >= 4 is 11.8 Å². The molecule has 3 unspecified atom stereocenters. The topological polar surface area (TPSA) is 55.4 Å².